The van der Waals surface area contributed by atoms with E-state index in [4.69, 9.17) is 14.2 Å². The molecule has 0 saturated carbocycles. The average molecular weight is 551 g/mol. The first-order valence-electron chi connectivity index (χ1n) is 13.4. The molecule has 1 aliphatic rings. The van der Waals surface area contributed by atoms with Gasteiger partial charge in [0, 0.05) is 35.6 Å². The van der Waals surface area contributed by atoms with Gasteiger partial charge < -0.3 is 24.8 Å². The summed E-state index contributed by atoms with van der Waals surface area (Å²) >= 11 is 0. The van der Waals surface area contributed by atoms with Crippen molar-refractivity contribution >= 4 is 28.7 Å². The molecule has 4 aromatic rings. The highest BCUT2D eigenvalue weighted by molar-refractivity contribution is 5.89. The van der Waals surface area contributed by atoms with E-state index in [1.165, 1.54) is 5.57 Å². The van der Waals surface area contributed by atoms with Gasteiger partial charge in [0.15, 0.2) is 0 Å². The first-order valence-corrected chi connectivity index (χ1v) is 13.4. The van der Waals surface area contributed by atoms with E-state index in [0.29, 0.717) is 23.7 Å². The van der Waals surface area contributed by atoms with Crippen LogP contribution in [0.5, 0.6) is 17.2 Å². The topological polar surface area (TPSA) is 93.7 Å². The molecule has 8 nitrogen and oxygen atoms in total. The van der Waals surface area contributed by atoms with E-state index >= 15 is 0 Å². The number of amides is 1. The Hall–Kier alpha value is -4.98. The summed E-state index contributed by atoms with van der Waals surface area (Å²) in [5, 5.41) is 9.91. The van der Waals surface area contributed by atoms with Crippen molar-refractivity contribution in [3.8, 4) is 28.4 Å². The molecule has 3 aromatic carbocycles. The molecule has 1 aliphatic heterocycles. The summed E-state index contributed by atoms with van der Waals surface area (Å²) in [4.78, 5) is 16.5. The molecule has 0 radical (unpaired) electrons. The van der Waals surface area contributed by atoms with E-state index in [0.717, 1.165) is 39.4 Å². The lowest BCUT2D eigenvalue weighted by Gasteiger charge is -2.33. The number of nitrogens with one attached hydrogen (secondary N) is 3. The second kappa shape index (κ2) is 11.6. The summed E-state index contributed by atoms with van der Waals surface area (Å²) in [5.41, 5.74) is 7.67. The number of fused-ring (bicyclic) bond motifs is 1. The van der Waals surface area contributed by atoms with Crippen LogP contribution in [-0.4, -0.2) is 30.8 Å². The number of hydrogen-bond donors (Lipinski definition) is 3. The van der Waals surface area contributed by atoms with Gasteiger partial charge in [0.25, 0.3) is 0 Å². The summed E-state index contributed by atoms with van der Waals surface area (Å²) in [5.74, 6) is 1.72. The molecule has 0 aliphatic carbocycles. The van der Waals surface area contributed by atoms with E-state index in [2.05, 4.69) is 59.9 Å². The lowest BCUT2D eigenvalue weighted by Crippen LogP contribution is -2.32. The first kappa shape index (κ1) is 27.6. The summed E-state index contributed by atoms with van der Waals surface area (Å²) < 4.78 is 16.9. The van der Waals surface area contributed by atoms with Crippen LogP contribution in [0.4, 0.5) is 21.9 Å². The number of hydrogen-bond acceptors (Lipinski definition) is 7. The van der Waals surface area contributed by atoms with Gasteiger partial charge in [-0.15, -0.1) is 0 Å². The Bertz CT molecular complexity index is 1600. The van der Waals surface area contributed by atoms with Crippen LogP contribution in [0.3, 0.4) is 0 Å². The Labute approximate surface area is 240 Å². The number of benzene rings is 3. The van der Waals surface area contributed by atoms with Crippen LogP contribution in [0.15, 0.2) is 85.2 Å². The molecule has 0 bridgehead atoms. The number of anilines is 3. The molecule has 1 amide bonds. The van der Waals surface area contributed by atoms with Gasteiger partial charge in [-0.05, 0) is 79.9 Å². The third kappa shape index (κ3) is 6.11. The quantitative estimate of drug-likeness (QED) is 0.208. The fourth-order valence-corrected chi connectivity index (χ4v) is 5.25. The zero-order valence-electron chi connectivity index (χ0n) is 23.9. The molecule has 8 heteroatoms. The Morgan fingerprint density at radius 3 is 2.49 bits per heavy atom. The van der Waals surface area contributed by atoms with E-state index in [9.17, 15) is 4.79 Å². The van der Waals surface area contributed by atoms with Gasteiger partial charge in [-0.25, -0.2) is 4.79 Å². The number of carbonyl (C=O) groups is 1. The van der Waals surface area contributed by atoms with Crippen LogP contribution in [-0.2, 0) is 6.54 Å². The minimum absolute atomic E-state index is 0.168. The Morgan fingerprint density at radius 2 is 1.73 bits per heavy atom. The number of methoxy groups -OCH3 is 2. The third-order valence-corrected chi connectivity index (χ3v) is 6.89. The molecule has 3 N–H and O–H groups in total. The lowest BCUT2D eigenvalue weighted by atomic mass is 9.85. The SMILES string of the molecule is COc1ccccc1NCc1c(-c2ccc(OC(=O)Nc3cccnc3)cc2OC)ccc2c1C(C)=CC(C)(C)N2. The smallest absolute Gasteiger partial charge is 0.417 e. The molecular formula is C33H34N4O4. The second-order valence-corrected chi connectivity index (χ2v) is 10.4. The normalized spacial score (nSPS) is 13.2. The predicted octanol–water partition coefficient (Wildman–Crippen LogP) is 7.60. The Balaban J connectivity index is 1.52. The molecule has 1 aromatic heterocycles. The summed E-state index contributed by atoms with van der Waals surface area (Å²) in [6.07, 6.45) is 4.82. The van der Waals surface area contributed by atoms with Crippen molar-refractivity contribution in [2.24, 2.45) is 0 Å². The number of aromatic nitrogens is 1. The minimum atomic E-state index is -0.613. The van der Waals surface area contributed by atoms with Gasteiger partial charge >= 0.3 is 6.09 Å². The Morgan fingerprint density at radius 1 is 0.951 bits per heavy atom. The van der Waals surface area contributed by atoms with Crippen molar-refractivity contribution in [3.05, 3.63) is 96.3 Å². The van der Waals surface area contributed by atoms with Gasteiger partial charge in [0.1, 0.15) is 17.2 Å². The predicted molar refractivity (Wildman–Crippen MR) is 164 cm³/mol. The number of rotatable bonds is 8. The number of allylic oxidation sites excluding steroid dienone is 1. The Kier molecular flexibility index (Phi) is 7.83. The number of ether oxygens (including phenoxy) is 3. The molecule has 2 heterocycles. The van der Waals surface area contributed by atoms with Crippen LogP contribution in [0, 0.1) is 0 Å². The number of carbonyl (C=O) groups excluding carboxylic acids is 1. The molecular weight excluding hydrogens is 516 g/mol. The average Bonchev–Trinajstić information content (AvgIpc) is 2.95. The van der Waals surface area contributed by atoms with Crippen molar-refractivity contribution in [3.63, 3.8) is 0 Å². The summed E-state index contributed by atoms with van der Waals surface area (Å²) in [6.45, 7) is 7.01. The van der Waals surface area contributed by atoms with E-state index in [-0.39, 0.29) is 5.54 Å². The fourth-order valence-electron chi connectivity index (χ4n) is 5.25. The molecule has 0 spiro atoms. The van der Waals surface area contributed by atoms with Crippen molar-refractivity contribution in [1.29, 1.82) is 0 Å². The van der Waals surface area contributed by atoms with Gasteiger partial charge in [-0.3, -0.25) is 10.3 Å². The molecule has 41 heavy (non-hydrogen) atoms. The van der Waals surface area contributed by atoms with Gasteiger partial charge in [-0.1, -0.05) is 24.3 Å². The first-order chi connectivity index (χ1) is 19.8. The maximum absolute atomic E-state index is 12.5. The lowest BCUT2D eigenvalue weighted by molar-refractivity contribution is 0.215. The van der Waals surface area contributed by atoms with Crippen molar-refractivity contribution < 1.29 is 19.0 Å². The van der Waals surface area contributed by atoms with E-state index in [1.54, 1.807) is 50.9 Å². The third-order valence-electron chi connectivity index (χ3n) is 6.89. The van der Waals surface area contributed by atoms with Gasteiger partial charge in [0.2, 0.25) is 0 Å². The second-order valence-electron chi connectivity index (χ2n) is 10.4. The molecule has 5 rings (SSSR count). The van der Waals surface area contributed by atoms with Crippen LogP contribution >= 0.6 is 0 Å². The zero-order valence-corrected chi connectivity index (χ0v) is 23.9. The molecule has 0 unspecified atom stereocenters. The highest BCUT2D eigenvalue weighted by Gasteiger charge is 2.27. The highest BCUT2D eigenvalue weighted by atomic mass is 16.6. The van der Waals surface area contributed by atoms with Crippen molar-refractivity contribution in [2.75, 3.05) is 30.2 Å². The highest BCUT2D eigenvalue weighted by Crippen LogP contribution is 2.43. The van der Waals surface area contributed by atoms with E-state index in [1.807, 2.05) is 30.3 Å². The van der Waals surface area contributed by atoms with Crippen LogP contribution in [0.25, 0.3) is 16.7 Å². The largest absolute Gasteiger partial charge is 0.496 e. The molecule has 0 fully saturated rings. The summed E-state index contributed by atoms with van der Waals surface area (Å²) in [6, 6.07) is 21.0. The van der Waals surface area contributed by atoms with E-state index < -0.39 is 6.09 Å². The van der Waals surface area contributed by atoms with Crippen LogP contribution < -0.4 is 30.2 Å². The standard InChI is InChI=1S/C33H34N4O4/c1-21-18-33(2,3)37-28-15-14-24(26(31(21)28)20-35-27-10-6-7-11-29(27)39-4)25-13-12-23(17-30(25)40-5)41-32(38)36-22-9-8-16-34-19-22/h6-19,35,37H,20H2,1-5H3,(H,36,38). The van der Waals surface area contributed by atoms with Crippen molar-refractivity contribution in [2.45, 2.75) is 32.9 Å². The van der Waals surface area contributed by atoms with Crippen molar-refractivity contribution in [1.82, 2.24) is 4.98 Å². The molecule has 0 atom stereocenters. The zero-order chi connectivity index (χ0) is 29.0. The van der Waals surface area contributed by atoms with Gasteiger partial charge in [0.05, 0.1) is 37.3 Å². The maximum Gasteiger partial charge on any atom is 0.417 e. The number of para-hydroxylation sites is 2. The number of pyridine rings is 1. The van der Waals surface area contributed by atoms with Crippen LogP contribution in [0.1, 0.15) is 31.9 Å². The molecule has 0 saturated heterocycles. The number of nitrogens with zero attached hydrogens (tertiary/aromatic N) is 1. The van der Waals surface area contributed by atoms with Gasteiger partial charge in [-0.2, -0.15) is 0 Å². The maximum atomic E-state index is 12.5. The monoisotopic (exact) mass is 550 g/mol. The summed E-state index contributed by atoms with van der Waals surface area (Å²) in [7, 11) is 3.28. The fraction of sp³-hybridized carbons (Fsp3) is 0.212. The minimum Gasteiger partial charge on any atom is -0.496 e. The molecule has 210 valence electrons. The van der Waals surface area contributed by atoms with Crippen LogP contribution in [0.2, 0.25) is 0 Å².